The normalized spacial score (nSPS) is 13.2. The first-order valence-electron chi connectivity index (χ1n) is 6.60. The van der Waals surface area contributed by atoms with Crippen molar-refractivity contribution in [3.05, 3.63) is 28.2 Å². The number of nitrogens with one attached hydrogen (secondary N) is 2. The standard InChI is InChI=1S/C14H20BrN3O3/c1-8(10-5-6-12(21-4)11(15)7-10)17-9(2)13(19)18-14(20)16-3/h5-9,17H,1-4H3,(H2,16,18,19,20)/p+1/t8-,9+/m1/s1. The number of hydrogen-bond acceptors (Lipinski definition) is 3. The van der Waals surface area contributed by atoms with Gasteiger partial charge in [0.1, 0.15) is 11.8 Å². The predicted molar refractivity (Wildman–Crippen MR) is 83.1 cm³/mol. The molecule has 0 unspecified atom stereocenters. The topological polar surface area (TPSA) is 84.0 Å². The highest BCUT2D eigenvalue weighted by atomic mass is 79.9. The Kier molecular flexibility index (Phi) is 6.64. The summed E-state index contributed by atoms with van der Waals surface area (Å²) in [6, 6.07) is 4.98. The molecule has 116 valence electrons. The molecule has 0 bridgehead atoms. The average Bonchev–Trinajstić information content (AvgIpc) is 2.46. The van der Waals surface area contributed by atoms with Crippen molar-refractivity contribution in [2.75, 3.05) is 14.2 Å². The van der Waals surface area contributed by atoms with Crippen molar-refractivity contribution in [3.63, 3.8) is 0 Å². The Hall–Kier alpha value is -1.60. The van der Waals surface area contributed by atoms with E-state index in [0.29, 0.717) is 0 Å². The zero-order valence-electron chi connectivity index (χ0n) is 12.6. The molecule has 0 aliphatic heterocycles. The molecule has 0 aliphatic carbocycles. The number of halogens is 1. The van der Waals surface area contributed by atoms with Crippen LogP contribution in [0, 0.1) is 0 Å². The van der Waals surface area contributed by atoms with Crippen LogP contribution in [0.5, 0.6) is 5.75 Å². The molecular weight excluding hydrogens is 338 g/mol. The fraction of sp³-hybridized carbons (Fsp3) is 0.429. The summed E-state index contributed by atoms with van der Waals surface area (Å²) in [4.78, 5) is 22.9. The van der Waals surface area contributed by atoms with E-state index in [0.717, 1.165) is 15.8 Å². The largest absolute Gasteiger partial charge is 0.496 e. The number of carbonyl (C=O) groups excluding carboxylic acids is 2. The van der Waals surface area contributed by atoms with Gasteiger partial charge in [-0.3, -0.25) is 10.1 Å². The van der Waals surface area contributed by atoms with Crippen molar-refractivity contribution in [2.45, 2.75) is 25.9 Å². The lowest BCUT2D eigenvalue weighted by molar-refractivity contribution is -0.710. The summed E-state index contributed by atoms with van der Waals surface area (Å²) in [6.45, 7) is 3.76. The number of rotatable bonds is 5. The summed E-state index contributed by atoms with van der Waals surface area (Å²) >= 11 is 3.44. The Balaban J connectivity index is 2.67. The maximum Gasteiger partial charge on any atom is 0.321 e. The molecule has 1 rings (SSSR count). The zero-order chi connectivity index (χ0) is 16.0. The predicted octanol–water partition coefficient (Wildman–Crippen LogP) is 0.926. The third kappa shape index (κ3) is 5.02. The van der Waals surface area contributed by atoms with E-state index < -0.39 is 6.03 Å². The number of benzene rings is 1. The van der Waals surface area contributed by atoms with Gasteiger partial charge in [-0.05, 0) is 48.0 Å². The fourth-order valence-corrected chi connectivity index (χ4v) is 2.44. The molecule has 7 heteroatoms. The highest BCUT2D eigenvalue weighted by molar-refractivity contribution is 9.10. The molecule has 0 saturated carbocycles. The van der Waals surface area contributed by atoms with E-state index in [1.54, 1.807) is 14.0 Å². The second-order valence-corrected chi connectivity index (χ2v) is 5.59. The molecule has 0 radical (unpaired) electrons. The number of nitrogens with two attached hydrogens (primary N) is 1. The van der Waals surface area contributed by atoms with Crippen LogP contribution < -0.4 is 20.7 Å². The van der Waals surface area contributed by atoms with Gasteiger partial charge >= 0.3 is 6.03 Å². The van der Waals surface area contributed by atoms with Crippen LogP contribution in [0.15, 0.2) is 22.7 Å². The Morgan fingerprint density at radius 3 is 2.52 bits per heavy atom. The van der Waals surface area contributed by atoms with Gasteiger partial charge in [-0.1, -0.05) is 0 Å². The monoisotopic (exact) mass is 358 g/mol. The molecule has 0 aromatic heterocycles. The first-order valence-corrected chi connectivity index (χ1v) is 7.39. The van der Waals surface area contributed by atoms with Gasteiger partial charge < -0.3 is 15.4 Å². The Morgan fingerprint density at radius 1 is 1.33 bits per heavy atom. The Labute approximate surface area is 132 Å². The first kappa shape index (κ1) is 17.5. The maximum absolute atomic E-state index is 11.8. The van der Waals surface area contributed by atoms with Crippen LogP contribution in [0.4, 0.5) is 4.79 Å². The van der Waals surface area contributed by atoms with Crippen LogP contribution in [0.2, 0.25) is 0 Å². The Morgan fingerprint density at radius 2 is 2.00 bits per heavy atom. The van der Waals surface area contributed by atoms with E-state index in [-0.39, 0.29) is 18.0 Å². The van der Waals surface area contributed by atoms with Gasteiger partial charge in [-0.2, -0.15) is 0 Å². The maximum atomic E-state index is 11.8. The second kappa shape index (κ2) is 7.99. The smallest absolute Gasteiger partial charge is 0.321 e. The summed E-state index contributed by atoms with van der Waals surface area (Å²) < 4.78 is 6.06. The van der Waals surface area contributed by atoms with E-state index in [1.807, 2.05) is 30.4 Å². The van der Waals surface area contributed by atoms with E-state index in [1.165, 1.54) is 7.05 Å². The molecule has 0 spiro atoms. The quantitative estimate of drug-likeness (QED) is 0.731. The molecular formula is C14H21BrN3O3+. The van der Waals surface area contributed by atoms with Crippen LogP contribution in [0.1, 0.15) is 25.5 Å². The molecule has 1 aromatic carbocycles. The molecule has 4 N–H and O–H groups in total. The summed E-state index contributed by atoms with van der Waals surface area (Å²) in [5, 5.41) is 6.51. The highest BCUT2D eigenvalue weighted by Crippen LogP contribution is 2.27. The van der Waals surface area contributed by atoms with Crippen LogP contribution in [0.25, 0.3) is 0 Å². The molecule has 6 nitrogen and oxygen atoms in total. The minimum absolute atomic E-state index is 0.0673. The summed E-state index contributed by atoms with van der Waals surface area (Å²) in [7, 11) is 3.08. The van der Waals surface area contributed by atoms with Crippen LogP contribution in [-0.2, 0) is 4.79 Å². The van der Waals surface area contributed by atoms with E-state index in [4.69, 9.17) is 4.74 Å². The van der Waals surface area contributed by atoms with Crippen molar-refractivity contribution >= 4 is 27.9 Å². The first-order chi connectivity index (χ1) is 9.88. The van der Waals surface area contributed by atoms with Crippen LogP contribution >= 0.6 is 15.9 Å². The highest BCUT2D eigenvalue weighted by Gasteiger charge is 2.22. The van der Waals surface area contributed by atoms with E-state index in [2.05, 4.69) is 26.6 Å². The molecule has 21 heavy (non-hydrogen) atoms. The number of imide groups is 1. The number of quaternary nitrogens is 1. The van der Waals surface area contributed by atoms with Gasteiger partial charge in [0.05, 0.1) is 11.6 Å². The number of amides is 3. The lowest BCUT2D eigenvalue weighted by Crippen LogP contribution is -2.92. The van der Waals surface area contributed by atoms with E-state index >= 15 is 0 Å². The molecule has 0 aliphatic rings. The van der Waals surface area contributed by atoms with Gasteiger partial charge in [-0.15, -0.1) is 0 Å². The second-order valence-electron chi connectivity index (χ2n) is 4.73. The van der Waals surface area contributed by atoms with E-state index in [9.17, 15) is 9.59 Å². The van der Waals surface area contributed by atoms with Gasteiger partial charge in [0, 0.05) is 12.6 Å². The van der Waals surface area contributed by atoms with Crippen molar-refractivity contribution in [3.8, 4) is 5.75 Å². The average molecular weight is 359 g/mol. The third-order valence-corrected chi connectivity index (χ3v) is 3.78. The van der Waals surface area contributed by atoms with Gasteiger partial charge in [0.25, 0.3) is 5.91 Å². The fourth-order valence-electron chi connectivity index (χ4n) is 1.89. The number of methoxy groups -OCH3 is 1. The molecule has 0 saturated heterocycles. The Bertz CT molecular complexity index is 522. The zero-order valence-corrected chi connectivity index (χ0v) is 14.2. The minimum Gasteiger partial charge on any atom is -0.496 e. The van der Waals surface area contributed by atoms with Crippen molar-refractivity contribution < 1.29 is 19.6 Å². The molecule has 0 fully saturated rings. The lowest BCUT2D eigenvalue weighted by Gasteiger charge is -2.17. The molecule has 1 aromatic rings. The number of urea groups is 1. The van der Waals surface area contributed by atoms with Gasteiger partial charge in [0.15, 0.2) is 6.04 Å². The summed E-state index contributed by atoms with van der Waals surface area (Å²) in [5.74, 6) is 0.435. The number of ether oxygens (including phenoxy) is 1. The van der Waals surface area contributed by atoms with Crippen molar-refractivity contribution in [1.29, 1.82) is 0 Å². The minimum atomic E-state index is -0.500. The van der Waals surface area contributed by atoms with Gasteiger partial charge in [-0.25, -0.2) is 4.79 Å². The third-order valence-electron chi connectivity index (χ3n) is 3.16. The molecule has 3 amide bonds. The summed E-state index contributed by atoms with van der Waals surface area (Å²) in [5.41, 5.74) is 1.06. The van der Waals surface area contributed by atoms with Crippen LogP contribution in [0.3, 0.4) is 0 Å². The van der Waals surface area contributed by atoms with Crippen LogP contribution in [-0.4, -0.2) is 32.1 Å². The lowest BCUT2D eigenvalue weighted by atomic mass is 10.1. The number of carbonyl (C=O) groups is 2. The van der Waals surface area contributed by atoms with Crippen molar-refractivity contribution in [2.24, 2.45) is 0 Å². The number of hydrogen-bond donors (Lipinski definition) is 3. The molecule has 2 atom stereocenters. The van der Waals surface area contributed by atoms with Gasteiger partial charge in [0.2, 0.25) is 0 Å². The SMILES string of the molecule is CNC(=O)NC(=O)[C@H](C)[NH2+][C@H](C)c1ccc(OC)c(Br)c1. The molecule has 0 heterocycles. The van der Waals surface area contributed by atoms with Crippen molar-refractivity contribution in [1.82, 2.24) is 10.6 Å². The summed E-state index contributed by atoms with van der Waals surface area (Å²) in [6.07, 6.45) is 0.